The van der Waals surface area contributed by atoms with Crippen LogP contribution in [0.15, 0.2) is 23.4 Å². The van der Waals surface area contributed by atoms with E-state index in [1.165, 1.54) is 18.2 Å². The molecule has 1 aromatic heterocycles. The highest BCUT2D eigenvalue weighted by atomic mass is 35.5. The minimum atomic E-state index is -0.824. The zero-order valence-electron chi connectivity index (χ0n) is 10.2. The quantitative estimate of drug-likeness (QED) is 0.876. The molecule has 2 aromatic rings. The van der Waals surface area contributed by atoms with Crippen molar-refractivity contribution >= 4 is 40.4 Å². The summed E-state index contributed by atoms with van der Waals surface area (Å²) in [7, 11) is 0. The molecule has 1 N–H and O–H groups in total. The van der Waals surface area contributed by atoms with Gasteiger partial charge >= 0.3 is 5.97 Å². The molecule has 100 valence electrons. The van der Waals surface area contributed by atoms with Crippen molar-refractivity contribution in [3.63, 3.8) is 0 Å². The van der Waals surface area contributed by atoms with E-state index in [1.807, 2.05) is 18.2 Å². The normalized spacial score (nSPS) is 15.6. The molecule has 1 fully saturated rings. The number of fused-ring (bicyclic) bond motifs is 1. The molecule has 0 atom stereocenters. The Labute approximate surface area is 119 Å². The molecule has 0 bridgehead atoms. The summed E-state index contributed by atoms with van der Waals surface area (Å²) in [6, 6.07) is 6.10. The molecule has 0 aliphatic heterocycles. The Morgan fingerprint density at radius 2 is 2.32 bits per heavy atom. The van der Waals surface area contributed by atoms with E-state index in [9.17, 15) is 4.79 Å². The Morgan fingerprint density at radius 3 is 2.95 bits per heavy atom. The summed E-state index contributed by atoms with van der Waals surface area (Å²) in [6.07, 6.45) is 3.49. The van der Waals surface area contributed by atoms with Crippen LogP contribution in [-0.4, -0.2) is 26.4 Å². The van der Waals surface area contributed by atoms with Gasteiger partial charge in [-0.2, -0.15) is 0 Å². The Kier molecular flexibility index (Phi) is 3.41. The van der Waals surface area contributed by atoms with Gasteiger partial charge in [-0.25, -0.2) is 4.98 Å². The predicted octanol–water partition coefficient (Wildman–Crippen LogP) is 3.59. The molecular weight excluding hydrogens is 284 g/mol. The molecule has 0 amide bonds. The first kappa shape index (κ1) is 12.8. The van der Waals surface area contributed by atoms with Gasteiger partial charge in [-0.3, -0.25) is 4.79 Å². The van der Waals surface area contributed by atoms with Gasteiger partial charge in [0.2, 0.25) is 0 Å². The molecule has 4 nitrogen and oxygen atoms in total. The van der Waals surface area contributed by atoms with E-state index in [0.29, 0.717) is 11.1 Å². The maximum atomic E-state index is 10.7. The van der Waals surface area contributed by atoms with Gasteiger partial charge in [-0.1, -0.05) is 23.4 Å². The van der Waals surface area contributed by atoms with Gasteiger partial charge in [0.05, 0.1) is 16.8 Å². The van der Waals surface area contributed by atoms with Crippen molar-refractivity contribution in [2.24, 2.45) is 0 Å². The van der Waals surface area contributed by atoms with Gasteiger partial charge in [0, 0.05) is 11.1 Å². The van der Waals surface area contributed by atoms with E-state index in [0.717, 1.165) is 29.0 Å². The summed E-state index contributed by atoms with van der Waals surface area (Å²) in [6.45, 7) is 0. The van der Waals surface area contributed by atoms with Gasteiger partial charge in [-0.05, 0) is 37.5 Å². The molecule has 1 aromatic carbocycles. The van der Waals surface area contributed by atoms with E-state index in [2.05, 4.69) is 9.55 Å². The molecule has 1 aliphatic rings. The summed E-state index contributed by atoms with van der Waals surface area (Å²) < 4.78 is 2.17. The first-order valence-corrected chi connectivity index (χ1v) is 7.53. The molecule has 1 heterocycles. The van der Waals surface area contributed by atoms with Crippen molar-refractivity contribution in [1.29, 1.82) is 0 Å². The summed E-state index contributed by atoms with van der Waals surface area (Å²) >= 11 is 7.26. The molecular formula is C13H13ClN2O2S. The van der Waals surface area contributed by atoms with Gasteiger partial charge in [0.25, 0.3) is 0 Å². The molecule has 0 radical (unpaired) electrons. The second-order valence-corrected chi connectivity index (χ2v) is 6.04. The Hall–Kier alpha value is -1.20. The van der Waals surface area contributed by atoms with E-state index in [1.54, 1.807) is 0 Å². The maximum Gasteiger partial charge on any atom is 0.313 e. The Balaban J connectivity index is 2.04. The Morgan fingerprint density at radius 1 is 1.53 bits per heavy atom. The molecule has 0 saturated heterocycles. The maximum absolute atomic E-state index is 10.7. The highest BCUT2D eigenvalue weighted by Gasteiger charge is 2.25. The average molecular weight is 297 g/mol. The number of carboxylic acid groups (broad SMARTS) is 1. The van der Waals surface area contributed by atoms with Crippen LogP contribution in [0.2, 0.25) is 5.02 Å². The fourth-order valence-corrected chi connectivity index (χ4v) is 3.24. The third-order valence-corrected chi connectivity index (χ3v) is 4.56. The first-order chi connectivity index (χ1) is 9.15. The van der Waals surface area contributed by atoms with Crippen LogP contribution >= 0.6 is 23.4 Å². The van der Waals surface area contributed by atoms with Crippen LogP contribution < -0.4 is 0 Å². The molecule has 1 saturated carbocycles. The number of nitrogens with zero attached hydrogens (tertiary/aromatic N) is 2. The first-order valence-electron chi connectivity index (χ1n) is 6.17. The molecule has 0 unspecified atom stereocenters. The molecule has 0 spiro atoms. The van der Waals surface area contributed by atoms with Crippen LogP contribution in [0.3, 0.4) is 0 Å². The van der Waals surface area contributed by atoms with Crippen LogP contribution in [0.5, 0.6) is 0 Å². The van der Waals surface area contributed by atoms with Crippen molar-refractivity contribution in [3.8, 4) is 0 Å². The SMILES string of the molecule is O=C(O)CSc1nc2cc(Cl)ccc2n1C1CCC1. The van der Waals surface area contributed by atoms with Crippen LogP contribution in [0.25, 0.3) is 11.0 Å². The standard InChI is InChI=1S/C13H13ClN2O2S/c14-8-4-5-11-10(6-8)15-13(19-7-12(17)18)16(11)9-2-1-3-9/h4-6,9H,1-3,7H2,(H,17,18). The lowest BCUT2D eigenvalue weighted by atomic mass is 9.93. The smallest absolute Gasteiger partial charge is 0.313 e. The number of hydrogen-bond donors (Lipinski definition) is 1. The molecule has 3 rings (SSSR count). The van der Waals surface area contributed by atoms with E-state index in [-0.39, 0.29) is 5.75 Å². The minimum absolute atomic E-state index is 0.0315. The number of aliphatic carboxylic acids is 1. The lowest BCUT2D eigenvalue weighted by Crippen LogP contribution is -2.18. The summed E-state index contributed by atoms with van der Waals surface area (Å²) in [5.41, 5.74) is 1.88. The van der Waals surface area contributed by atoms with Crippen molar-refractivity contribution in [2.45, 2.75) is 30.5 Å². The highest BCUT2D eigenvalue weighted by molar-refractivity contribution is 7.99. The second-order valence-electron chi connectivity index (χ2n) is 4.66. The van der Waals surface area contributed by atoms with Crippen molar-refractivity contribution in [2.75, 3.05) is 5.75 Å². The fraction of sp³-hybridized carbons (Fsp3) is 0.385. The van der Waals surface area contributed by atoms with Gasteiger partial charge < -0.3 is 9.67 Å². The lowest BCUT2D eigenvalue weighted by Gasteiger charge is -2.28. The molecule has 19 heavy (non-hydrogen) atoms. The number of carboxylic acids is 1. The second kappa shape index (κ2) is 5.06. The fourth-order valence-electron chi connectivity index (χ4n) is 2.28. The number of halogens is 1. The topological polar surface area (TPSA) is 55.1 Å². The van der Waals surface area contributed by atoms with Crippen LogP contribution in [0.4, 0.5) is 0 Å². The highest BCUT2D eigenvalue weighted by Crippen LogP contribution is 2.38. The third kappa shape index (κ3) is 2.44. The van der Waals surface area contributed by atoms with Crippen molar-refractivity contribution < 1.29 is 9.90 Å². The summed E-state index contributed by atoms with van der Waals surface area (Å²) in [5.74, 6) is -0.792. The summed E-state index contributed by atoms with van der Waals surface area (Å²) in [5, 5.41) is 10.3. The number of thioether (sulfide) groups is 1. The largest absolute Gasteiger partial charge is 0.481 e. The lowest BCUT2D eigenvalue weighted by molar-refractivity contribution is -0.133. The summed E-state index contributed by atoms with van der Waals surface area (Å²) in [4.78, 5) is 15.3. The number of rotatable bonds is 4. The molecule has 1 aliphatic carbocycles. The van der Waals surface area contributed by atoms with E-state index < -0.39 is 5.97 Å². The van der Waals surface area contributed by atoms with Gasteiger partial charge in [-0.15, -0.1) is 0 Å². The van der Waals surface area contributed by atoms with Crippen molar-refractivity contribution in [3.05, 3.63) is 23.2 Å². The van der Waals surface area contributed by atoms with Crippen LogP contribution in [0.1, 0.15) is 25.3 Å². The van der Waals surface area contributed by atoms with Crippen LogP contribution in [-0.2, 0) is 4.79 Å². The van der Waals surface area contributed by atoms with E-state index in [4.69, 9.17) is 16.7 Å². The Bertz CT molecular complexity index is 637. The number of aromatic nitrogens is 2. The minimum Gasteiger partial charge on any atom is -0.481 e. The zero-order valence-corrected chi connectivity index (χ0v) is 11.7. The molecule has 6 heteroatoms. The zero-order chi connectivity index (χ0) is 13.4. The predicted molar refractivity (Wildman–Crippen MR) is 76.0 cm³/mol. The monoisotopic (exact) mass is 296 g/mol. The number of carbonyl (C=O) groups is 1. The number of hydrogen-bond acceptors (Lipinski definition) is 3. The average Bonchev–Trinajstić information content (AvgIpc) is 2.62. The third-order valence-electron chi connectivity index (χ3n) is 3.38. The van der Waals surface area contributed by atoms with Crippen LogP contribution in [0, 0.1) is 0 Å². The number of imidazole rings is 1. The van der Waals surface area contributed by atoms with Gasteiger partial charge in [0.15, 0.2) is 5.16 Å². The number of benzene rings is 1. The van der Waals surface area contributed by atoms with Crippen molar-refractivity contribution in [1.82, 2.24) is 9.55 Å². The van der Waals surface area contributed by atoms with E-state index >= 15 is 0 Å². The van der Waals surface area contributed by atoms with Gasteiger partial charge in [0.1, 0.15) is 0 Å².